The SMILES string of the molecule is CC.CC.CC.Cc1c(Oc2ccnc(NC3C=CN(C)N3)c2)cccc1C(=O)NCc1ccn2cccc2c1.Cc1c(Oc2ccnc(NC3C=CN(C)N3)c2)cccc1C(=O)NCc1cncc(F)c1.[HH].[HH].[HH].[HH]. The number of amides is 2. The summed E-state index contributed by atoms with van der Waals surface area (Å²) in [7, 11) is 3.84. The Bertz CT molecular complexity index is 2930. The summed E-state index contributed by atoms with van der Waals surface area (Å²) in [5.74, 6) is 2.87. The van der Waals surface area contributed by atoms with Crippen LogP contribution in [-0.2, 0) is 13.1 Å². The van der Waals surface area contributed by atoms with E-state index in [0.29, 0.717) is 63.4 Å². The van der Waals surface area contributed by atoms with Gasteiger partial charge in [0.25, 0.3) is 11.8 Å². The first-order valence-corrected chi connectivity index (χ1v) is 24.1. The average molecular weight is 987 g/mol. The molecule has 386 valence electrons. The fourth-order valence-electron chi connectivity index (χ4n) is 7.12. The van der Waals surface area contributed by atoms with Crippen molar-refractivity contribution >= 4 is 29.0 Å². The van der Waals surface area contributed by atoms with E-state index in [0.717, 1.165) is 22.8 Å². The van der Waals surface area contributed by atoms with E-state index in [-0.39, 0.29) is 36.4 Å². The van der Waals surface area contributed by atoms with Crippen LogP contribution in [0.25, 0.3) is 5.52 Å². The first kappa shape index (κ1) is 54.7. The second-order valence-electron chi connectivity index (χ2n) is 15.5. The molecule has 0 saturated heterocycles. The maximum Gasteiger partial charge on any atom is 0.251 e. The Hall–Kier alpha value is -8.28. The molecule has 0 spiro atoms. The van der Waals surface area contributed by atoms with Crippen LogP contribution >= 0.6 is 0 Å². The van der Waals surface area contributed by atoms with Gasteiger partial charge in [-0.3, -0.25) is 14.6 Å². The topological polar surface area (TPSA) is 174 Å². The summed E-state index contributed by atoms with van der Waals surface area (Å²) in [6.45, 7) is 16.3. The van der Waals surface area contributed by atoms with Crippen molar-refractivity contribution in [3.8, 4) is 23.0 Å². The first-order chi connectivity index (χ1) is 35.0. The predicted molar refractivity (Wildman–Crippen MR) is 292 cm³/mol. The summed E-state index contributed by atoms with van der Waals surface area (Å²) < 4.78 is 27.5. The van der Waals surface area contributed by atoms with E-state index in [4.69, 9.17) is 9.47 Å². The van der Waals surface area contributed by atoms with Crippen molar-refractivity contribution in [2.75, 3.05) is 24.7 Å². The van der Waals surface area contributed by atoms with Gasteiger partial charge < -0.3 is 45.2 Å². The minimum Gasteiger partial charge on any atom is -0.457 e. The van der Waals surface area contributed by atoms with Gasteiger partial charge in [-0.15, -0.1) is 0 Å². The second kappa shape index (κ2) is 27.8. The van der Waals surface area contributed by atoms with Crippen LogP contribution in [0.15, 0.2) is 153 Å². The molecule has 2 aliphatic rings. The van der Waals surface area contributed by atoms with E-state index >= 15 is 0 Å². The van der Waals surface area contributed by atoms with Gasteiger partial charge in [0.1, 0.15) is 52.8 Å². The molecule has 2 amide bonds. The van der Waals surface area contributed by atoms with Crippen LogP contribution in [0.1, 0.15) is 90.2 Å². The molecule has 2 aromatic carbocycles. The zero-order valence-corrected chi connectivity index (χ0v) is 42.7. The van der Waals surface area contributed by atoms with Crippen molar-refractivity contribution in [3.63, 3.8) is 0 Å². The number of fused-ring (bicyclic) bond motifs is 1. The van der Waals surface area contributed by atoms with Crippen molar-refractivity contribution in [2.24, 2.45) is 0 Å². The fraction of sp³-hybridized carbons (Fsp3) is 0.255. The number of hydrazine groups is 2. The van der Waals surface area contributed by atoms with Gasteiger partial charge in [-0.1, -0.05) is 53.7 Å². The lowest BCUT2D eigenvalue weighted by Gasteiger charge is -2.17. The highest BCUT2D eigenvalue weighted by Gasteiger charge is 2.17. The molecule has 5 aromatic heterocycles. The van der Waals surface area contributed by atoms with Crippen LogP contribution in [0.2, 0.25) is 0 Å². The highest BCUT2D eigenvalue weighted by molar-refractivity contribution is 5.97. The van der Waals surface area contributed by atoms with Crippen LogP contribution in [0.3, 0.4) is 0 Å². The van der Waals surface area contributed by atoms with Gasteiger partial charge in [0.15, 0.2) is 0 Å². The third-order valence-corrected chi connectivity index (χ3v) is 10.5. The van der Waals surface area contributed by atoms with Gasteiger partial charge in [0.2, 0.25) is 0 Å². The third kappa shape index (κ3) is 15.6. The lowest BCUT2D eigenvalue weighted by atomic mass is 10.1. The van der Waals surface area contributed by atoms with E-state index in [2.05, 4.69) is 53.1 Å². The van der Waals surface area contributed by atoms with Crippen LogP contribution < -0.4 is 41.6 Å². The van der Waals surface area contributed by atoms with Crippen LogP contribution in [-0.4, -0.2) is 67.6 Å². The largest absolute Gasteiger partial charge is 0.457 e. The lowest BCUT2D eigenvalue weighted by molar-refractivity contribution is 0.0942. The molecule has 0 radical (unpaired) electrons. The summed E-state index contributed by atoms with van der Waals surface area (Å²) in [6, 6.07) is 27.4. The number of nitrogens with one attached hydrogen (secondary N) is 6. The maximum absolute atomic E-state index is 13.3. The smallest absolute Gasteiger partial charge is 0.251 e. The second-order valence-corrected chi connectivity index (χ2v) is 15.5. The van der Waals surface area contributed by atoms with Crippen molar-refractivity contribution in [1.82, 2.24) is 50.9 Å². The van der Waals surface area contributed by atoms with Gasteiger partial charge in [-0.2, -0.15) is 0 Å². The molecule has 6 N–H and O–H groups in total. The summed E-state index contributed by atoms with van der Waals surface area (Å²) >= 11 is 0. The fourth-order valence-corrected chi connectivity index (χ4v) is 7.12. The van der Waals surface area contributed by atoms with Gasteiger partial charge in [0, 0.05) is 116 Å². The molecule has 2 aliphatic heterocycles. The molecular weight excluding hydrogens is 912 g/mol. The number of nitrogens with zero attached hydrogens (tertiary/aromatic N) is 6. The number of benzene rings is 2. The number of rotatable bonds is 14. The molecule has 2 unspecified atom stereocenters. The first-order valence-electron chi connectivity index (χ1n) is 24.1. The third-order valence-electron chi connectivity index (χ3n) is 10.5. The Morgan fingerprint density at radius 3 is 1.64 bits per heavy atom. The van der Waals surface area contributed by atoms with Crippen LogP contribution in [0.5, 0.6) is 23.0 Å². The molecule has 0 saturated carbocycles. The minimum absolute atomic E-state index is 0. The van der Waals surface area contributed by atoms with Crippen molar-refractivity contribution in [2.45, 2.75) is 80.8 Å². The number of carbonyl (C=O) groups is 2. The molecule has 2 atom stereocenters. The minimum atomic E-state index is -0.443. The number of pyridine rings is 4. The summed E-state index contributed by atoms with van der Waals surface area (Å²) in [6.07, 6.45) is 17.7. The lowest BCUT2D eigenvalue weighted by Crippen LogP contribution is -2.37. The van der Waals surface area contributed by atoms with Crippen LogP contribution in [0.4, 0.5) is 16.0 Å². The zero-order chi connectivity index (χ0) is 52.0. The van der Waals surface area contributed by atoms with E-state index in [1.165, 1.54) is 12.3 Å². The molecule has 0 bridgehead atoms. The Kier molecular flexibility index (Phi) is 21.1. The van der Waals surface area contributed by atoms with Crippen LogP contribution in [0, 0.1) is 19.7 Å². The molecule has 7 heterocycles. The van der Waals surface area contributed by atoms with Crippen molar-refractivity contribution in [1.29, 1.82) is 0 Å². The average Bonchev–Trinajstić information content (AvgIpc) is 4.16. The summed E-state index contributed by atoms with van der Waals surface area (Å²) in [5.41, 5.74) is 11.6. The Morgan fingerprint density at radius 2 is 1.15 bits per heavy atom. The monoisotopic (exact) mass is 987 g/mol. The maximum atomic E-state index is 13.3. The van der Waals surface area contributed by atoms with Gasteiger partial charge in [0.05, 0.1) is 6.20 Å². The molecule has 9 rings (SSSR count). The molecule has 0 fully saturated rings. The van der Waals surface area contributed by atoms with Crippen molar-refractivity contribution in [3.05, 3.63) is 192 Å². The normalized spacial score (nSPS) is 14.0. The van der Waals surface area contributed by atoms with Gasteiger partial charge >= 0.3 is 0 Å². The van der Waals surface area contributed by atoms with E-state index in [9.17, 15) is 14.0 Å². The van der Waals surface area contributed by atoms with Crippen molar-refractivity contribution < 1.29 is 29.2 Å². The van der Waals surface area contributed by atoms with Gasteiger partial charge in [-0.25, -0.2) is 25.2 Å². The highest BCUT2D eigenvalue weighted by Crippen LogP contribution is 2.30. The van der Waals surface area contributed by atoms with Gasteiger partial charge in [-0.05, 0) is 104 Å². The molecule has 7 aromatic rings. The van der Waals surface area contributed by atoms with E-state index in [1.54, 1.807) is 48.8 Å². The molecule has 17 heteroatoms. The standard InChI is InChI=1S/C26H26N6O2.C23H23FN6O2.3C2H6.4H2/c1-18-22(26(33)28-17-19-9-14-32-12-4-5-20(32)15-19)6-3-7-23(18)34-21-8-11-27-25(16-21)29-24-10-13-31(2)30-24;1-15-19(23(31)27-13-16-10-17(24)14-25-12-16)4-3-5-20(15)32-18-6-8-26-22(11-18)28-21-7-9-30(2)29-21;3*1-2;;;;/h3-16,24,30H,17H2,1-2H3,(H,27,29)(H,28,33);3-12,14,21,29H,13H2,1-2H3,(H,26,28)(H,27,31);3*1-2H3;4*1H. The number of hydrogen-bond acceptors (Lipinski definition) is 13. The molecule has 72 heavy (non-hydrogen) atoms. The Balaban J connectivity index is 0.000000661. The zero-order valence-electron chi connectivity index (χ0n) is 42.7. The Labute approximate surface area is 428 Å². The molecule has 0 aliphatic carbocycles. The number of ether oxygens (including phenoxy) is 2. The number of aromatic nitrogens is 4. The highest BCUT2D eigenvalue weighted by atomic mass is 19.1. The quantitative estimate of drug-likeness (QED) is 0.0608. The van der Waals surface area contributed by atoms with E-state index < -0.39 is 5.82 Å². The van der Waals surface area contributed by atoms with E-state index in [1.807, 2.05) is 163 Å². The summed E-state index contributed by atoms with van der Waals surface area (Å²) in [5, 5.41) is 16.1. The summed E-state index contributed by atoms with van der Waals surface area (Å²) in [4.78, 5) is 38.1. The molecular formula is C55H75FN12O4. The number of halogens is 1. The number of anilines is 2. The Morgan fingerprint density at radius 1 is 0.639 bits per heavy atom. The predicted octanol–water partition coefficient (Wildman–Crippen LogP) is 11.5. The number of carbonyl (C=O) groups excluding carboxylic acids is 2. The number of hydrogen-bond donors (Lipinski definition) is 6. The molecule has 16 nitrogen and oxygen atoms in total.